The van der Waals surface area contributed by atoms with E-state index in [1.165, 1.54) is 29.5 Å². The fraction of sp³-hybridized carbons (Fsp3) is 0.200. The highest BCUT2D eigenvalue weighted by atomic mass is 32.2. The fourth-order valence-corrected chi connectivity index (χ4v) is 4.80. The predicted octanol–water partition coefficient (Wildman–Crippen LogP) is 5.25. The Hall–Kier alpha value is -3.16. The highest BCUT2D eigenvalue weighted by Gasteiger charge is 2.19. The van der Waals surface area contributed by atoms with Crippen molar-refractivity contribution in [1.29, 1.82) is 0 Å². The summed E-state index contributed by atoms with van der Waals surface area (Å²) in [5, 5.41) is 1.10. The maximum absolute atomic E-state index is 14.2. The van der Waals surface area contributed by atoms with E-state index >= 15 is 0 Å². The van der Waals surface area contributed by atoms with Crippen molar-refractivity contribution in [3.63, 3.8) is 0 Å². The third kappa shape index (κ3) is 3.89. The maximum Gasteiger partial charge on any atom is 0.266 e. The monoisotopic (exact) mass is 448 g/mol. The molecule has 5 nitrogen and oxygen atoms in total. The van der Waals surface area contributed by atoms with Crippen molar-refractivity contribution in [2.75, 3.05) is 6.79 Å². The minimum Gasteiger partial charge on any atom is -0.467 e. The molecule has 0 bridgehead atoms. The zero-order chi connectivity index (χ0) is 22.1. The van der Waals surface area contributed by atoms with Crippen molar-refractivity contribution in [1.82, 2.24) is 9.55 Å². The van der Waals surface area contributed by atoms with Crippen molar-refractivity contribution in [2.45, 2.75) is 30.9 Å². The lowest BCUT2D eigenvalue weighted by Crippen LogP contribution is -2.21. The lowest BCUT2D eigenvalue weighted by atomic mass is 10.1. The highest BCUT2D eigenvalue weighted by Crippen LogP contribution is 2.34. The normalized spacial score (nSPS) is 13.1. The Morgan fingerprint density at radius 1 is 1.12 bits per heavy atom. The number of hydrogen-bond acceptors (Lipinski definition) is 5. The van der Waals surface area contributed by atoms with Gasteiger partial charge in [0.2, 0.25) is 0 Å². The van der Waals surface area contributed by atoms with Crippen LogP contribution in [0.15, 0.2) is 70.6 Å². The molecule has 1 aliphatic rings. The Morgan fingerprint density at radius 2 is 1.94 bits per heavy atom. The van der Waals surface area contributed by atoms with Gasteiger partial charge in [-0.05, 0) is 48.4 Å². The smallest absolute Gasteiger partial charge is 0.266 e. The minimum absolute atomic E-state index is 0.131. The fourth-order valence-electron chi connectivity index (χ4n) is 3.82. The number of benzene rings is 3. The zero-order valence-electron chi connectivity index (χ0n) is 17.5. The molecule has 5 rings (SSSR count). The largest absolute Gasteiger partial charge is 0.467 e. The molecule has 0 N–H and O–H groups in total. The van der Waals surface area contributed by atoms with Gasteiger partial charge in [0.05, 0.1) is 23.2 Å². The number of para-hydroxylation sites is 1. The SMILES string of the molecule is CCc1ccc(-n2c(SCc3cc(F)cc4c3OCOC4)nc3ccccc3c2=O)cc1. The molecular weight excluding hydrogens is 427 g/mol. The van der Waals surface area contributed by atoms with Crippen LogP contribution in [0.4, 0.5) is 4.39 Å². The first kappa shape index (κ1) is 20.7. The summed E-state index contributed by atoms with van der Waals surface area (Å²) in [7, 11) is 0. The van der Waals surface area contributed by atoms with Crippen LogP contribution >= 0.6 is 11.8 Å². The van der Waals surface area contributed by atoms with Crippen molar-refractivity contribution < 1.29 is 13.9 Å². The molecule has 1 aromatic heterocycles. The Kier molecular flexibility index (Phi) is 5.68. The second-order valence-electron chi connectivity index (χ2n) is 7.52. The second kappa shape index (κ2) is 8.76. The number of rotatable bonds is 5. The molecule has 2 heterocycles. The quantitative estimate of drug-likeness (QED) is 0.309. The van der Waals surface area contributed by atoms with Gasteiger partial charge in [-0.15, -0.1) is 0 Å². The molecule has 7 heteroatoms. The first-order chi connectivity index (χ1) is 15.6. The Bertz CT molecular complexity index is 1350. The van der Waals surface area contributed by atoms with Gasteiger partial charge in [0.25, 0.3) is 5.56 Å². The summed E-state index contributed by atoms with van der Waals surface area (Å²) < 4.78 is 26.7. The molecule has 0 fully saturated rings. The number of aryl methyl sites for hydroxylation is 1. The third-order valence-corrected chi connectivity index (χ3v) is 6.44. The number of nitrogens with zero attached hydrogens (tertiary/aromatic N) is 2. The van der Waals surface area contributed by atoms with Gasteiger partial charge in [0.15, 0.2) is 11.9 Å². The average molecular weight is 449 g/mol. The molecule has 0 saturated carbocycles. The van der Waals surface area contributed by atoms with Gasteiger partial charge in [-0.1, -0.05) is 43.0 Å². The lowest BCUT2D eigenvalue weighted by Gasteiger charge is -2.21. The molecular formula is C25H21FN2O3S. The van der Waals surface area contributed by atoms with Crippen LogP contribution in [0.5, 0.6) is 5.75 Å². The molecule has 3 aromatic carbocycles. The van der Waals surface area contributed by atoms with Crippen LogP contribution in [-0.4, -0.2) is 16.3 Å². The van der Waals surface area contributed by atoms with Crippen molar-refractivity contribution in [3.05, 3.63) is 93.5 Å². The van der Waals surface area contributed by atoms with E-state index in [1.54, 1.807) is 10.6 Å². The summed E-state index contributed by atoms with van der Waals surface area (Å²) >= 11 is 1.38. The molecule has 0 spiro atoms. The number of aromatic nitrogens is 2. The number of hydrogen-bond donors (Lipinski definition) is 0. The number of halogens is 1. The Labute approximate surface area is 188 Å². The number of fused-ring (bicyclic) bond motifs is 2. The highest BCUT2D eigenvalue weighted by molar-refractivity contribution is 7.98. The first-order valence-corrected chi connectivity index (χ1v) is 11.4. The maximum atomic E-state index is 14.2. The Balaban J connectivity index is 1.59. The van der Waals surface area contributed by atoms with Crippen molar-refractivity contribution in [3.8, 4) is 11.4 Å². The van der Waals surface area contributed by atoms with E-state index in [-0.39, 0.29) is 18.2 Å². The number of ether oxygens (including phenoxy) is 2. The summed E-state index contributed by atoms with van der Waals surface area (Å²) in [5.74, 6) is 0.706. The minimum atomic E-state index is -0.340. The van der Waals surface area contributed by atoms with E-state index < -0.39 is 0 Å². The third-order valence-electron chi connectivity index (χ3n) is 5.46. The van der Waals surface area contributed by atoms with Crippen LogP contribution in [0.3, 0.4) is 0 Å². The van der Waals surface area contributed by atoms with Gasteiger partial charge < -0.3 is 9.47 Å². The van der Waals surface area contributed by atoms with Crippen LogP contribution in [0.2, 0.25) is 0 Å². The van der Waals surface area contributed by atoms with Gasteiger partial charge >= 0.3 is 0 Å². The lowest BCUT2D eigenvalue weighted by molar-refractivity contribution is -0.0171. The zero-order valence-corrected chi connectivity index (χ0v) is 18.3. The van der Waals surface area contributed by atoms with E-state index in [0.717, 1.165) is 12.1 Å². The molecule has 0 unspecified atom stereocenters. The predicted molar refractivity (Wildman–Crippen MR) is 123 cm³/mol. The van der Waals surface area contributed by atoms with Crippen molar-refractivity contribution in [2.24, 2.45) is 0 Å². The summed E-state index contributed by atoms with van der Waals surface area (Å²) in [4.78, 5) is 18.2. The molecule has 0 atom stereocenters. The van der Waals surface area contributed by atoms with Crippen LogP contribution in [0.25, 0.3) is 16.6 Å². The van der Waals surface area contributed by atoms with E-state index in [9.17, 15) is 9.18 Å². The van der Waals surface area contributed by atoms with Gasteiger partial charge in [-0.25, -0.2) is 9.37 Å². The average Bonchev–Trinajstić information content (AvgIpc) is 2.82. The molecule has 32 heavy (non-hydrogen) atoms. The van der Waals surface area contributed by atoms with Gasteiger partial charge in [0.1, 0.15) is 11.6 Å². The topological polar surface area (TPSA) is 53.4 Å². The van der Waals surface area contributed by atoms with E-state index in [4.69, 9.17) is 14.5 Å². The summed E-state index contributed by atoms with van der Waals surface area (Å²) in [5.41, 5.74) is 3.84. The van der Waals surface area contributed by atoms with Crippen LogP contribution in [0.1, 0.15) is 23.6 Å². The summed E-state index contributed by atoms with van der Waals surface area (Å²) in [6.45, 7) is 2.54. The van der Waals surface area contributed by atoms with Crippen LogP contribution in [-0.2, 0) is 23.5 Å². The van der Waals surface area contributed by atoms with Crippen molar-refractivity contribution >= 4 is 22.7 Å². The molecule has 0 amide bonds. The summed E-state index contributed by atoms with van der Waals surface area (Å²) in [6, 6.07) is 18.1. The van der Waals surface area contributed by atoms with E-state index in [0.29, 0.717) is 45.3 Å². The van der Waals surface area contributed by atoms with Crippen LogP contribution < -0.4 is 10.3 Å². The molecule has 4 aromatic rings. The summed E-state index contributed by atoms with van der Waals surface area (Å²) in [6.07, 6.45) is 0.918. The van der Waals surface area contributed by atoms with Gasteiger partial charge in [-0.3, -0.25) is 9.36 Å². The molecule has 0 radical (unpaired) electrons. The number of thioether (sulfide) groups is 1. The molecule has 0 aliphatic carbocycles. The standard InChI is InChI=1S/C25H21FN2O3S/c1-2-16-7-9-20(10-8-16)28-24(29)21-5-3-4-6-22(21)27-25(28)32-14-18-12-19(26)11-17-13-30-15-31-23(17)18/h3-12H,2,13-15H2,1H3. The molecule has 0 saturated heterocycles. The van der Waals surface area contributed by atoms with Gasteiger partial charge in [-0.2, -0.15) is 0 Å². The van der Waals surface area contributed by atoms with E-state index in [2.05, 4.69) is 6.92 Å². The second-order valence-corrected chi connectivity index (χ2v) is 8.47. The van der Waals surface area contributed by atoms with Crippen LogP contribution in [0, 0.1) is 5.82 Å². The van der Waals surface area contributed by atoms with E-state index in [1.807, 2.05) is 42.5 Å². The Morgan fingerprint density at radius 3 is 2.75 bits per heavy atom. The molecule has 1 aliphatic heterocycles. The first-order valence-electron chi connectivity index (χ1n) is 10.4. The molecule has 162 valence electrons. The van der Waals surface area contributed by atoms with Gasteiger partial charge in [0, 0.05) is 16.9 Å².